The van der Waals surface area contributed by atoms with Gasteiger partial charge in [-0.2, -0.15) is 0 Å². The van der Waals surface area contributed by atoms with E-state index in [-0.39, 0.29) is 12.5 Å². The van der Waals surface area contributed by atoms with Gasteiger partial charge in [-0.05, 0) is 36.8 Å². The molecule has 0 radical (unpaired) electrons. The predicted octanol–water partition coefficient (Wildman–Crippen LogP) is 4.76. The van der Waals surface area contributed by atoms with Gasteiger partial charge < -0.3 is 9.47 Å². The molecule has 3 rings (SSSR count). The molecule has 0 aliphatic carbocycles. The van der Waals surface area contributed by atoms with Gasteiger partial charge in [0.05, 0.1) is 16.8 Å². The monoisotopic (exact) mass is 376 g/mol. The molecule has 0 saturated heterocycles. The topological polar surface area (TPSA) is 60.5 Å². The highest BCUT2D eigenvalue weighted by Gasteiger charge is 2.09. The highest BCUT2D eigenvalue weighted by Crippen LogP contribution is 2.28. The number of amides is 1. The minimum atomic E-state index is -0.273. The summed E-state index contributed by atoms with van der Waals surface area (Å²) in [4.78, 5) is 16.4. The van der Waals surface area contributed by atoms with E-state index in [1.54, 1.807) is 18.2 Å². The summed E-state index contributed by atoms with van der Waals surface area (Å²) >= 11 is 7.33. The molecule has 0 aliphatic heterocycles. The highest BCUT2D eigenvalue weighted by molar-refractivity contribution is 7.22. The minimum Gasteiger partial charge on any atom is -0.493 e. The molecular formula is C18H17ClN2O3S. The zero-order chi connectivity index (χ0) is 17.6. The van der Waals surface area contributed by atoms with Crippen molar-refractivity contribution in [2.45, 2.75) is 13.3 Å². The van der Waals surface area contributed by atoms with Crippen molar-refractivity contribution in [3.63, 3.8) is 0 Å². The van der Waals surface area contributed by atoms with Crippen LogP contribution in [0.15, 0.2) is 42.5 Å². The maximum absolute atomic E-state index is 12.1. The molecule has 130 valence electrons. The maximum Gasteiger partial charge on any atom is 0.264 e. The van der Waals surface area contributed by atoms with Gasteiger partial charge in [0.25, 0.3) is 5.91 Å². The summed E-state index contributed by atoms with van der Waals surface area (Å²) in [5.74, 6) is 1.03. The first-order valence-corrected chi connectivity index (χ1v) is 9.05. The van der Waals surface area contributed by atoms with Gasteiger partial charge in [0.15, 0.2) is 11.7 Å². The lowest BCUT2D eigenvalue weighted by atomic mass is 10.3. The summed E-state index contributed by atoms with van der Waals surface area (Å²) < 4.78 is 12.0. The first kappa shape index (κ1) is 17.5. The number of nitrogens with one attached hydrogen (secondary N) is 1. The van der Waals surface area contributed by atoms with Crippen molar-refractivity contribution in [1.82, 2.24) is 4.98 Å². The first-order chi connectivity index (χ1) is 12.1. The molecule has 7 heteroatoms. The SMILES string of the molecule is CCCOc1cccc(OCC(=O)Nc2nc3ccc(Cl)cc3s2)c1. The van der Waals surface area contributed by atoms with Crippen LogP contribution >= 0.6 is 22.9 Å². The third-order valence-corrected chi connectivity index (χ3v) is 4.41. The number of ether oxygens (including phenoxy) is 2. The van der Waals surface area contributed by atoms with Gasteiger partial charge in [0.2, 0.25) is 0 Å². The van der Waals surface area contributed by atoms with E-state index in [9.17, 15) is 4.79 Å². The van der Waals surface area contributed by atoms with Crippen LogP contribution in [0.4, 0.5) is 5.13 Å². The van der Waals surface area contributed by atoms with E-state index in [0.29, 0.717) is 22.5 Å². The number of anilines is 1. The molecule has 25 heavy (non-hydrogen) atoms. The third kappa shape index (κ3) is 4.84. The standard InChI is InChI=1S/C18H17ClN2O3S/c1-2-8-23-13-4-3-5-14(10-13)24-11-17(22)21-18-20-15-7-6-12(19)9-16(15)25-18/h3-7,9-10H,2,8,11H2,1H3,(H,20,21,22). The second kappa shape index (κ2) is 8.18. The first-order valence-electron chi connectivity index (χ1n) is 7.85. The molecule has 3 aromatic rings. The smallest absolute Gasteiger partial charge is 0.264 e. The summed E-state index contributed by atoms with van der Waals surface area (Å²) in [6, 6.07) is 12.6. The molecule has 0 aliphatic rings. The van der Waals surface area contributed by atoms with Crippen molar-refractivity contribution in [3.8, 4) is 11.5 Å². The molecule has 0 fully saturated rings. The molecule has 2 aromatic carbocycles. The fourth-order valence-electron chi connectivity index (χ4n) is 2.13. The van der Waals surface area contributed by atoms with E-state index in [1.165, 1.54) is 11.3 Å². The second-order valence-electron chi connectivity index (χ2n) is 5.29. The van der Waals surface area contributed by atoms with Gasteiger partial charge >= 0.3 is 0 Å². The minimum absolute atomic E-state index is 0.103. The largest absolute Gasteiger partial charge is 0.493 e. The van der Waals surface area contributed by atoms with Crippen molar-refractivity contribution in [3.05, 3.63) is 47.5 Å². The molecule has 0 spiro atoms. The Kier molecular flexibility index (Phi) is 5.73. The molecule has 0 bridgehead atoms. The number of hydrogen-bond acceptors (Lipinski definition) is 5. The normalized spacial score (nSPS) is 10.6. The predicted molar refractivity (Wildman–Crippen MR) is 101 cm³/mol. The number of nitrogens with zero attached hydrogens (tertiary/aromatic N) is 1. The van der Waals surface area contributed by atoms with Crippen molar-refractivity contribution >= 4 is 44.2 Å². The average Bonchev–Trinajstić information content (AvgIpc) is 2.99. The maximum atomic E-state index is 12.1. The number of rotatable bonds is 7. The molecule has 0 unspecified atom stereocenters. The molecule has 1 amide bonds. The summed E-state index contributed by atoms with van der Waals surface area (Å²) in [7, 11) is 0. The Hall–Kier alpha value is -2.31. The summed E-state index contributed by atoms with van der Waals surface area (Å²) in [5, 5.41) is 3.90. The van der Waals surface area contributed by atoms with E-state index in [2.05, 4.69) is 10.3 Å². The van der Waals surface area contributed by atoms with Gasteiger partial charge in [-0.1, -0.05) is 35.9 Å². The number of carbonyl (C=O) groups is 1. The number of fused-ring (bicyclic) bond motifs is 1. The van der Waals surface area contributed by atoms with Crippen LogP contribution in [-0.2, 0) is 4.79 Å². The van der Waals surface area contributed by atoms with E-state index < -0.39 is 0 Å². The van der Waals surface area contributed by atoms with Crippen molar-refractivity contribution in [2.75, 3.05) is 18.5 Å². The summed E-state index contributed by atoms with van der Waals surface area (Å²) in [6.45, 7) is 2.58. The van der Waals surface area contributed by atoms with Gasteiger partial charge in [0, 0.05) is 11.1 Å². The van der Waals surface area contributed by atoms with Gasteiger partial charge in [-0.3, -0.25) is 10.1 Å². The van der Waals surface area contributed by atoms with Crippen LogP contribution in [0.5, 0.6) is 11.5 Å². The van der Waals surface area contributed by atoms with Crippen molar-refractivity contribution in [1.29, 1.82) is 0 Å². The fraction of sp³-hybridized carbons (Fsp3) is 0.222. The molecule has 1 aromatic heterocycles. The number of hydrogen-bond donors (Lipinski definition) is 1. The van der Waals surface area contributed by atoms with Gasteiger partial charge in [-0.25, -0.2) is 4.98 Å². The molecular weight excluding hydrogens is 360 g/mol. The van der Waals surface area contributed by atoms with Gasteiger partial charge in [-0.15, -0.1) is 0 Å². The van der Waals surface area contributed by atoms with Crippen molar-refractivity contribution < 1.29 is 14.3 Å². The zero-order valence-corrected chi connectivity index (χ0v) is 15.2. The highest BCUT2D eigenvalue weighted by atomic mass is 35.5. The van der Waals surface area contributed by atoms with Crippen LogP contribution in [0, 0.1) is 0 Å². The lowest BCUT2D eigenvalue weighted by molar-refractivity contribution is -0.118. The lowest BCUT2D eigenvalue weighted by Gasteiger charge is -2.08. The number of thiazole rings is 1. The lowest BCUT2D eigenvalue weighted by Crippen LogP contribution is -2.20. The Labute approximate surface area is 154 Å². The van der Waals surface area contributed by atoms with E-state index in [4.69, 9.17) is 21.1 Å². The van der Waals surface area contributed by atoms with Crippen molar-refractivity contribution in [2.24, 2.45) is 0 Å². The molecule has 1 heterocycles. The summed E-state index contributed by atoms with van der Waals surface area (Å²) in [5.41, 5.74) is 0.798. The Morgan fingerprint density at radius 2 is 2.00 bits per heavy atom. The van der Waals surface area contributed by atoms with Gasteiger partial charge in [0.1, 0.15) is 11.5 Å². The molecule has 0 atom stereocenters. The Morgan fingerprint density at radius 1 is 1.20 bits per heavy atom. The van der Waals surface area contributed by atoms with E-state index >= 15 is 0 Å². The van der Waals surface area contributed by atoms with E-state index in [0.717, 1.165) is 22.4 Å². The average molecular weight is 377 g/mol. The van der Waals surface area contributed by atoms with Crippen LogP contribution in [0.2, 0.25) is 5.02 Å². The van der Waals surface area contributed by atoms with Crippen LogP contribution < -0.4 is 14.8 Å². The number of aromatic nitrogens is 1. The molecule has 0 saturated carbocycles. The Balaban J connectivity index is 1.57. The Bertz CT molecular complexity index is 882. The fourth-order valence-corrected chi connectivity index (χ4v) is 3.29. The molecule has 5 nitrogen and oxygen atoms in total. The van der Waals surface area contributed by atoms with Crippen LogP contribution in [0.25, 0.3) is 10.2 Å². The van der Waals surface area contributed by atoms with E-state index in [1.807, 2.05) is 31.2 Å². The molecule has 1 N–H and O–H groups in total. The summed E-state index contributed by atoms with van der Waals surface area (Å²) in [6.07, 6.45) is 0.931. The Morgan fingerprint density at radius 3 is 2.80 bits per heavy atom. The third-order valence-electron chi connectivity index (χ3n) is 3.25. The number of halogens is 1. The zero-order valence-electron chi connectivity index (χ0n) is 13.6. The number of carbonyl (C=O) groups excluding carboxylic acids is 1. The van der Waals surface area contributed by atoms with Crippen LogP contribution in [0.3, 0.4) is 0 Å². The second-order valence-corrected chi connectivity index (χ2v) is 6.76. The quantitative estimate of drug-likeness (QED) is 0.646. The van der Waals surface area contributed by atoms with Crippen LogP contribution in [-0.4, -0.2) is 24.1 Å². The van der Waals surface area contributed by atoms with Crippen LogP contribution in [0.1, 0.15) is 13.3 Å². The number of benzene rings is 2.